The van der Waals surface area contributed by atoms with E-state index < -0.39 is 0 Å². The Morgan fingerprint density at radius 1 is 1.24 bits per heavy atom. The molecule has 2 rings (SSSR count). The average molecular weight is 282 g/mol. The number of hydrogen-bond donors (Lipinski definition) is 1. The minimum atomic E-state index is -0.389. The van der Waals surface area contributed by atoms with Crippen molar-refractivity contribution in [1.82, 2.24) is 4.98 Å². The smallest absolute Gasteiger partial charge is 0.231 e. The fourth-order valence-corrected chi connectivity index (χ4v) is 1.97. The van der Waals surface area contributed by atoms with E-state index in [0.29, 0.717) is 5.82 Å². The summed E-state index contributed by atoms with van der Waals surface area (Å²) in [5.41, 5.74) is 2.92. The number of amides is 1. The van der Waals surface area contributed by atoms with Crippen molar-refractivity contribution >= 4 is 11.7 Å². The highest BCUT2D eigenvalue weighted by Crippen LogP contribution is 2.26. The SMILES string of the molecule is CCC(C)(C)C(=O)Nc1cc(-c2ccccc2)c(C)cn1. The second kappa shape index (κ2) is 6.08. The van der Waals surface area contributed by atoms with E-state index in [-0.39, 0.29) is 11.3 Å². The van der Waals surface area contributed by atoms with Gasteiger partial charge in [-0.05, 0) is 36.1 Å². The molecule has 0 bridgehead atoms. The summed E-state index contributed by atoms with van der Waals surface area (Å²) in [7, 11) is 0. The predicted octanol–water partition coefficient (Wildman–Crippen LogP) is 4.43. The Kier molecular flexibility index (Phi) is 4.41. The molecule has 1 N–H and O–H groups in total. The monoisotopic (exact) mass is 282 g/mol. The summed E-state index contributed by atoms with van der Waals surface area (Å²) in [5.74, 6) is 0.603. The number of carbonyl (C=O) groups is 1. The largest absolute Gasteiger partial charge is 0.310 e. The summed E-state index contributed by atoms with van der Waals surface area (Å²) in [6.45, 7) is 7.91. The van der Waals surface area contributed by atoms with Crippen LogP contribution in [0.25, 0.3) is 11.1 Å². The molecule has 0 aliphatic carbocycles. The van der Waals surface area contributed by atoms with Crippen LogP contribution in [0.15, 0.2) is 42.6 Å². The number of nitrogens with one attached hydrogen (secondary N) is 1. The Morgan fingerprint density at radius 3 is 2.52 bits per heavy atom. The summed E-state index contributed by atoms with van der Waals surface area (Å²) in [5, 5.41) is 2.92. The number of hydrogen-bond acceptors (Lipinski definition) is 2. The third-order valence-electron chi connectivity index (χ3n) is 3.93. The summed E-state index contributed by atoms with van der Waals surface area (Å²) in [6.07, 6.45) is 2.59. The Bertz CT molecular complexity index is 633. The maximum absolute atomic E-state index is 12.2. The molecular weight excluding hydrogens is 260 g/mol. The molecule has 1 aromatic heterocycles. The van der Waals surface area contributed by atoms with Crippen LogP contribution in [0.3, 0.4) is 0 Å². The van der Waals surface area contributed by atoms with Crippen molar-refractivity contribution in [2.45, 2.75) is 34.1 Å². The molecule has 3 nitrogen and oxygen atoms in total. The molecular formula is C18H22N2O. The van der Waals surface area contributed by atoms with Crippen molar-refractivity contribution in [1.29, 1.82) is 0 Å². The topological polar surface area (TPSA) is 42.0 Å². The molecule has 1 amide bonds. The first-order valence-corrected chi connectivity index (χ1v) is 7.27. The van der Waals surface area contributed by atoms with E-state index in [1.807, 2.05) is 52.0 Å². The zero-order valence-corrected chi connectivity index (χ0v) is 13.1. The van der Waals surface area contributed by atoms with Crippen molar-refractivity contribution in [3.8, 4) is 11.1 Å². The van der Waals surface area contributed by atoms with Crippen LogP contribution in [-0.2, 0) is 4.79 Å². The lowest BCUT2D eigenvalue weighted by Crippen LogP contribution is -2.30. The number of carbonyl (C=O) groups excluding carboxylic acids is 1. The standard InChI is InChI=1S/C18H22N2O/c1-5-18(3,4)17(21)20-16-11-15(13(2)12-19-16)14-9-7-6-8-10-14/h6-12H,5H2,1-4H3,(H,19,20,21). The molecule has 21 heavy (non-hydrogen) atoms. The van der Waals surface area contributed by atoms with Crippen LogP contribution < -0.4 is 5.32 Å². The van der Waals surface area contributed by atoms with Gasteiger partial charge >= 0.3 is 0 Å². The van der Waals surface area contributed by atoms with Crippen LogP contribution in [0.2, 0.25) is 0 Å². The van der Waals surface area contributed by atoms with Gasteiger partial charge in [0.2, 0.25) is 5.91 Å². The van der Waals surface area contributed by atoms with Crippen LogP contribution >= 0.6 is 0 Å². The minimum Gasteiger partial charge on any atom is -0.310 e. The first-order chi connectivity index (χ1) is 9.94. The maximum atomic E-state index is 12.2. The second-order valence-electron chi connectivity index (χ2n) is 5.94. The van der Waals surface area contributed by atoms with Gasteiger partial charge in [-0.1, -0.05) is 51.1 Å². The molecule has 0 spiro atoms. The van der Waals surface area contributed by atoms with Gasteiger partial charge in [0.15, 0.2) is 0 Å². The van der Waals surface area contributed by atoms with E-state index in [1.54, 1.807) is 6.20 Å². The fraction of sp³-hybridized carbons (Fsp3) is 0.333. The molecule has 0 radical (unpaired) electrons. The van der Waals surface area contributed by atoms with Gasteiger partial charge in [0.05, 0.1) is 0 Å². The number of aromatic nitrogens is 1. The lowest BCUT2D eigenvalue weighted by molar-refractivity contribution is -0.124. The first-order valence-electron chi connectivity index (χ1n) is 7.27. The van der Waals surface area contributed by atoms with Gasteiger partial charge in [0.25, 0.3) is 0 Å². The van der Waals surface area contributed by atoms with Gasteiger partial charge in [0, 0.05) is 11.6 Å². The maximum Gasteiger partial charge on any atom is 0.231 e. The normalized spacial score (nSPS) is 11.2. The van der Waals surface area contributed by atoms with Crippen LogP contribution in [0.1, 0.15) is 32.8 Å². The van der Waals surface area contributed by atoms with Gasteiger partial charge in [0.1, 0.15) is 5.82 Å². The van der Waals surface area contributed by atoms with Crippen LogP contribution in [-0.4, -0.2) is 10.9 Å². The number of pyridine rings is 1. The van der Waals surface area contributed by atoms with Gasteiger partial charge in [-0.15, -0.1) is 0 Å². The number of benzene rings is 1. The van der Waals surface area contributed by atoms with Crippen molar-refractivity contribution in [2.24, 2.45) is 5.41 Å². The Balaban J connectivity index is 2.30. The first kappa shape index (κ1) is 15.2. The molecule has 0 saturated carbocycles. The molecule has 2 aromatic rings. The lowest BCUT2D eigenvalue weighted by Gasteiger charge is -2.21. The zero-order valence-electron chi connectivity index (χ0n) is 13.1. The molecule has 0 aliphatic heterocycles. The van der Waals surface area contributed by atoms with Gasteiger partial charge in [-0.3, -0.25) is 4.79 Å². The number of anilines is 1. The van der Waals surface area contributed by atoms with E-state index in [4.69, 9.17) is 0 Å². The highest BCUT2D eigenvalue weighted by atomic mass is 16.2. The van der Waals surface area contributed by atoms with E-state index in [1.165, 1.54) is 0 Å². The van der Waals surface area contributed by atoms with Crippen molar-refractivity contribution in [2.75, 3.05) is 5.32 Å². The number of rotatable bonds is 4. The molecule has 0 unspecified atom stereocenters. The van der Waals surface area contributed by atoms with Gasteiger partial charge in [-0.25, -0.2) is 4.98 Å². The summed E-state index contributed by atoms with van der Waals surface area (Å²) >= 11 is 0. The Morgan fingerprint density at radius 2 is 1.90 bits per heavy atom. The van der Waals surface area contributed by atoms with Crippen molar-refractivity contribution in [3.63, 3.8) is 0 Å². The third-order valence-corrected chi connectivity index (χ3v) is 3.93. The summed E-state index contributed by atoms with van der Waals surface area (Å²) < 4.78 is 0. The molecule has 0 fully saturated rings. The summed E-state index contributed by atoms with van der Waals surface area (Å²) in [4.78, 5) is 16.6. The molecule has 0 saturated heterocycles. The highest BCUT2D eigenvalue weighted by molar-refractivity contribution is 5.94. The molecule has 0 atom stereocenters. The second-order valence-corrected chi connectivity index (χ2v) is 5.94. The molecule has 110 valence electrons. The van der Waals surface area contributed by atoms with Crippen molar-refractivity contribution in [3.05, 3.63) is 48.2 Å². The number of aryl methyl sites for hydroxylation is 1. The molecule has 3 heteroatoms. The quantitative estimate of drug-likeness (QED) is 0.901. The van der Waals surface area contributed by atoms with E-state index in [0.717, 1.165) is 23.1 Å². The predicted molar refractivity (Wildman–Crippen MR) is 87.1 cm³/mol. The molecule has 1 aromatic carbocycles. The van der Waals surface area contributed by atoms with E-state index in [9.17, 15) is 4.79 Å². The fourth-order valence-electron chi connectivity index (χ4n) is 1.97. The van der Waals surface area contributed by atoms with E-state index >= 15 is 0 Å². The minimum absolute atomic E-state index is 0.000338. The third kappa shape index (κ3) is 3.48. The van der Waals surface area contributed by atoms with Crippen LogP contribution in [0, 0.1) is 12.3 Å². The number of nitrogens with zero attached hydrogens (tertiary/aromatic N) is 1. The summed E-state index contributed by atoms with van der Waals surface area (Å²) in [6, 6.07) is 12.1. The Labute approximate surface area is 126 Å². The molecule has 1 heterocycles. The van der Waals surface area contributed by atoms with E-state index in [2.05, 4.69) is 22.4 Å². The molecule has 0 aliphatic rings. The van der Waals surface area contributed by atoms with Crippen LogP contribution in [0.4, 0.5) is 5.82 Å². The van der Waals surface area contributed by atoms with Crippen molar-refractivity contribution < 1.29 is 4.79 Å². The van der Waals surface area contributed by atoms with Crippen LogP contribution in [0.5, 0.6) is 0 Å². The average Bonchev–Trinajstić information content (AvgIpc) is 2.50. The highest BCUT2D eigenvalue weighted by Gasteiger charge is 2.25. The lowest BCUT2D eigenvalue weighted by atomic mass is 9.89. The van der Waals surface area contributed by atoms with Gasteiger partial charge in [-0.2, -0.15) is 0 Å². The zero-order chi connectivity index (χ0) is 15.5. The van der Waals surface area contributed by atoms with Gasteiger partial charge < -0.3 is 5.32 Å². The Hall–Kier alpha value is -2.16.